The fourth-order valence-corrected chi connectivity index (χ4v) is 2.09. The van der Waals surface area contributed by atoms with Gasteiger partial charge in [-0.3, -0.25) is 9.59 Å². The van der Waals surface area contributed by atoms with E-state index in [1.54, 1.807) is 24.3 Å². The summed E-state index contributed by atoms with van der Waals surface area (Å²) in [6.45, 7) is -0.531. The Balaban J connectivity index is 2.31. The molecule has 0 aliphatic carbocycles. The third kappa shape index (κ3) is 4.38. The van der Waals surface area contributed by atoms with Crippen molar-refractivity contribution in [2.24, 2.45) is 0 Å². The summed E-state index contributed by atoms with van der Waals surface area (Å²) >= 11 is 5.82. The number of hydrogen-bond acceptors (Lipinski definition) is 5. The van der Waals surface area contributed by atoms with Crippen LogP contribution < -0.4 is 5.56 Å². The van der Waals surface area contributed by atoms with Crippen molar-refractivity contribution in [2.45, 2.75) is 6.10 Å². The fraction of sp³-hybridized carbons (Fsp3) is 0.267. The Morgan fingerprint density at radius 1 is 1.39 bits per heavy atom. The molecule has 0 aliphatic heterocycles. The molecule has 0 spiro atoms. The average Bonchev–Trinajstić information content (AvgIpc) is 2.54. The van der Waals surface area contributed by atoms with Crippen LogP contribution in [0.4, 0.5) is 0 Å². The summed E-state index contributed by atoms with van der Waals surface area (Å²) < 4.78 is 0. The van der Waals surface area contributed by atoms with E-state index in [0.29, 0.717) is 10.6 Å². The summed E-state index contributed by atoms with van der Waals surface area (Å²) in [5, 5.41) is 18.8. The Hall–Kier alpha value is -2.22. The second kappa shape index (κ2) is 7.36. The molecule has 8 heteroatoms. The van der Waals surface area contributed by atoms with Crippen molar-refractivity contribution in [3.05, 3.63) is 51.4 Å². The number of hydrogen-bond donors (Lipinski definition) is 3. The van der Waals surface area contributed by atoms with Crippen molar-refractivity contribution in [3.8, 4) is 11.4 Å². The van der Waals surface area contributed by atoms with Gasteiger partial charge in [-0.2, -0.15) is 0 Å². The first-order chi connectivity index (χ1) is 10.9. The van der Waals surface area contributed by atoms with Crippen LogP contribution in [-0.2, 0) is 0 Å². The lowest BCUT2D eigenvalue weighted by Crippen LogP contribution is -2.36. The molecule has 0 radical (unpaired) electrons. The topological polar surface area (TPSA) is 107 Å². The Bertz CT molecular complexity index is 745. The van der Waals surface area contributed by atoms with E-state index in [2.05, 4.69) is 9.97 Å². The molecule has 2 aromatic rings. The highest BCUT2D eigenvalue weighted by Gasteiger charge is 2.18. The third-order valence-electron chi connectivity index (χ3n) is 3.12. The van der Waals surface area contributed by atoms with Crippen LogP contribution in [0.25, 0.3) is 11.4 Å². The first-order valence-electron chi connectivity index (χ1n) is 6.82. The van der Waals surface area contributed by atoms with Gasteiger partial charge in [-0.05, 0) is 24.3 Å². The van der Waals surface area contributed by atoms with Crippen LogP contribution in [0, 0.1) is 0 Å². The summed E-state index contributed by atoms with van der Waals surface area (Å²) in [5.74, 6) is -0.285. The van der Waals surface area contributed by atoms with E-state index < -0.39 is 24.2 Å². The fourth-order valence-electron chi connectivity index (χ4n) is 1.96. The van der Waals surface area contributed by atoms with Crippen LogP contribution in [0.5, 0.6) is 0 Å². The van der Waals surface area contributed by atoms with E-state index in [1.807, 2.05) is 0 Å². The van der Waals surface area contributed by atoms with Gasteiger partial charge in [-0.15, -0.1) is 0 Å². The van der Waals surface area contributed by atoms with Crippen molar-refractivity contribution < 1.29 is 15.0 Å². The summed E-state index contributed by atoms with van der Waals surface area (Å²) in [5.41, 5.74) is 0.0925. The summed E-state index contributed by atoms with van der Waals surface area (Å²) in [6, 6.07) is 7.73. The largest absolute Gasteiger partial charge is 0.394 e. The minimum Gasteiger partial charge on any atom is -0.394 e. The lowest BCUT2D eigenvalue weighted by molar-refractivity contribution is 0.0516. The van der Waals surface area contributed by atoms with E-state index in [-0.39, 0.29) is 18.1 Å². The number of H-pyrrole nitrogens is 1. The normalized spacial score (nSPS) is 12.0. The van der Waals surface area contributed by atoms with Crippen LogP contribution in [0.1, 0.15) is 10.5 Å². The van der Waals surface area contributed by atoms with Gasteiger partial charge in [0.1, 0.15) is 11.5 Å². The lowest BCUT2D eigenvalue weighted by atomic mass is 10.2. The number of amides is 1. The highest BCUT2D eigenvalue weighted by Crippen LogP contribution is 2.17. The monoisotopic (exact) mass is 337 g/mol. The number of carbonyl (C=O) groups excluding carboxylic acids is 1. The molecule has 3 N–H and O–H groups in total. The Kier molecular flexibility index (Phi) is 5.49. The highest BCUT2D eigenvalue weighted by atomic mass is 35.5. The SMILES string of the molecule is CN(C[C@@H](O)CO)C(=O)c1cc(=O)[nH]c(-c2ccc(Cl)cc2)n1. The van der Waals surface area contributed by atoms with Gasteiger partial charge in [0, 0.05) is 30.2 Å². The highest BCUT2D eigenvalue weighted by molar-refractivity contribution is 6.30. The first-order valence-corrected chi connectivity index (χ1v) is 7.20. The number of halogens is 1. The number of aliphatic hydroxyl groups excluding tert-OH is 2. The smallest absolute Gasteiger partial charge is 0.272 e. The van der Waals surface area contributed by atoms with Crippen molar-refractivity contribution in [2.75, 3.05) is 20.2 Å². The number of rotatable bonds is 5. The quantitative estimate of drug-likeness (QED) is 0.737. The number of nitrogens with one attached hydrogen (secondary N) is 1. The van der Waals surface area contributed by atoms with E-state index >= 15 is 0 Å². The van der Waals surface area contributed by atoms with E-state index in [0.717, 1.165) is 6.07 Å². The van der Waals surface area contributed by atoms with Crippen molar-refractivity contribution in [1.82, 2.24) is 14.9 Å². The molecule has 0 saturated carbocycles. The zero-order valence-corrected chi connectivity index (χ0v) is 13.1. The van der Waals surface area contributed by atoms with Gasteiger partial charge in [0.05, 0.1) is 12.7 Å². The van der Waals surface area contributed by atoms with E-state index in [1.165, 1.54) is 11.9 Å². The zero-order chi connectivity index (χ0) is 17.0. The molecule has 0 unspecified atom stereocenters. The third-order valence-corrected chi connectivity index (χ3v) is 3.37. The van der Waals surface area contributed by atoms with E-state index in [9.17, 15) is 14.7 Å². The van der Waals surface area contributed by atoms with Crippen LogP contribution in [0.2, 0.25) is 5.02 Å². The predicted molar refractivity (Wildman–Crippen MR) is 85.4 cm³/mol. The maximum atomic E-state index is 12.3. The minimum absolute atomic E-state index is 0.0497. The summed E-state index contributed by atoms with van der Waals surface area (Å²) in [6.07, 6.45) is -1.05. The number of benzene rings is 1. The van der Waals surface area contributed by atoms with Gasteiger partial charge in [0.15, 0.2) is 0 Å². The van der Waals surface area contributed by atoms with Gasteiger partial charge < -0.3 is 20.1 Å². The van der Waals surface area contributed by atoms with Crippen LogP contribution >= 0.6 is 11.6 Å². The molecule has 23 heavy (non-hydrogen) atoms. The first kappa shape index (κ1) is 17.1. The number of aromatic amines is 1. The Morgan fingerprint density at radius 2 is 2.04 bits per heavy atom. The summed E-state index contributed by atoms with van der Waals surface area (Å²) in [4.78, 5) is 32.0. The molecular weight excluding hydrogens is 322 g/mol. The number of carbonyl (C=O) groups is 1. The Morgan fingerprint density at radius 3 is 2.65 bits per heavy atom. The molecule has 7 nitrogen and oxygen atoms in total. The lowest BCUT2D eigenvalue weighted by Gasteiger charge is -2.19. The molecule has 0 fully saturated rings. The molecule has 0 aliphatic rings. The molecule has 1 aromatic carbocycles. The van der Waals surface area contributed by atoms with Crippen LogP contribution in [-0.4, -0.2) is 57.3 Å². The van der Waals surface area contributed by atoms with E-state index in [4.69, 9.17) is 16.7 Å². The second-order valence-electron chi connectivity index (χ2n) is 5.01. The molecule has 1 heterocycles. The van der Waals surface area contributed by atoms with Gasteiger partial charge in [0.25, 0.3) is 11.5 Å². The van der Waals surface area contributed by atoms with Gasteiger partial charge in [0.2, 0.25) is 0 Å². The van der Waals surface area contributed by atoms with Gasteiger partial charge >= 0.3 is 0 Å². The molecule has 0 saturated heterocycles. The van der Waals surface area contributed by atoms with Crippen molar-refractivity contribution in [3.63, 3.8) is 0 Å². The van der Waals surface area contributed by atoms with Gasteiger partial charge in [-0.1, -0.05) is 11.6 Å². The number of likely N-dealkylation sites (N-methyl/N-ethyl adjacent to an activating group) is 1. The molecule has 1 amide bonds. The molecule has 0 bridgehead atoms. The average molecular weight is 338 g/mol. The molecule has 1 atom stereocenters. The van der Waals surface area contributed by atoms with Crippen molar-refractivity contribution >= 4 is 17.5 Å². The second-order valence-corrected chi connectivity index (χ2v) is 5.44. The number of nitrogens with zero attached hydrogens (tertiary/aromatic N) is 2. The zero-order valence-electron chi connectivity index (χ0n) is 12.4. The van der Waals surface area contributed by atoms with Crippen LogP contribution in [0.3, 0.4) is 0 Å². The van der Waals surface area contributed by atoms with Crippen LogP contribution in [0.15, 0.2) is 35.1 Å². The van der Waals surface area contributed by atoms with Gasteiger partial charge in [-0.25, -0.2) is 4.98 Å². The number of aliphatic hydroxyl groups is 2. The number of aromatic nitrogens is 2. The molecule has 2 rings (SSSR count). The maximum Gasteiger partial charge on any atom is 0.272 e. The summed E-state index contributed by atoms with van der Waals surface area (Å²) in [7, 11) is 1.45. The molecular formula is C15H16ClN3O4. The predicted octanol–water partition coefficient (Wildman–Crippen LogP) is 0.515. The standard InChI is InChI=1S/C15H16ClN3O4/c1-19(7-11(21)8-20)15(23)12-6-13(22)18-14(17-12)9-2-4-10(16)5-3-9/h2-6,11,20-21H,7-8H2,1H3,(H,17,18,22)/t11-/m1/s1. The molecule has 1 aromatic heterocycles. The Labute approximate surface area is 137 Å². The minimum atomic E-state index is -1.05. The maximum absolute atomic E-state index is 12.3. The van der Waals surface area contributed by atoms with Crippen molar-refractivity contribution in [1.29, 1.82) is 0 Å². The molecule has 122 valence electrons.